The van der Waals surface area contributed by atoms with Crippen LogP contribution < -0.4 is 4.74 Å². The average molecular weight is 406 g/mol. The number of hydrogen-bond donors (Lipinski definition) is 0. The summed E-state index contributed by atoms with van der Waals surface area (Å²) in [4.78, 5) is 0. The Kier molecular flexibility index (Phi) is 7.59. The van der Waals surface area contributed by atoms with Crippen molar-refractivity contribution in [3.63, 3.8) is 0 Å². The summed E-state index contributed by atoms with van der Waals surface area (Å²) in [6, 6.07) is 8.30. The van der Waals surface area contributed by atoms with Crippen LogP contribution in [0.3, 0.4) is 0 Å². The molecule has 5 heteroatoms. The third kappa shape index (κ3) is 5.53. The number of benzene rings is 2. The first-order valence-electron chi connectivity index (χ1n) is 10.5. The lowest BCUT2D eigenvalue weighted by atomic mass is 9.82. The van der Waals surface area contributed by atoms with E-state index in [-0.39, 0.29) is 30.2 Å². The molecule has 0 heterocycles. The van der Waals surface area contributed by atoms with Gasteiger partial charge in [0.15, 0.2) is 11.6 Å². The van der Waals surface area contributed by atoms with Crippen molar-refractivity contribution < 1.29 is 22.6 Å². The molecule has 0 saturated heterocycles. The van der Waals surface area contributed by atoms with Crippen LogP contribution in [0.2, 0.25) is 0 Å². The van der Waals surface area contributed by atoms with Crippen LogP contribution in [0.4, 0.5) is 13.2 Å². The van der Waals surface area contributed by atoms with Crippen molar-refractivity contribution in [2.24, 2.45) is 0 Å². The quantitative estimate of drug-likeness (QED) is 0.447. The van der Waals surface area contributed by atoms with Gasteiger partial charge in [0.2, 0.25) is 5.82 Å². The molecule has 0 amide bonds. The van der Waals surface area contributed by atoms with Crippen molar-refractivity contribution in [3.05, 3.63) is 64.5 Å². The molecule has 158 valence electrons. The van der Waals surface area contributed by atoms with E-state index in [1.165, 1.54) is 12.1 Å². The lowest BCUT2D eigenvalue weighted by Crippen LogP contribution is -2.21. The van der Waals surface area contributed by atoms with Gasteiger partial charge in [0.1, 0.15) is 5.82 Å². The van der Waals surface area contributed by atoms with Crippen molar-refractivity contribution in [2.45, 2.75) is 71.0 Å². The van der Waals surface area contributed by atoms with Crippen LogP contribution in [0.1, 0.15) is 68.1 Å². The third-order valence-corrected chi connectivity index (χ3v) is 5.63. The van der Waals surface area contributed by atoms with Crippen LogP contribution in [0.25, 0.3) is 0 Å². The SMILES string of the molecule is CCCCOc1ccc(C2CCC(OCc3ccc(C)cc3F)CC2)c(F)c1F. The van der Waals surface area contributed by atoms with Crippen molar-refractivity contribution in [1.29, 1.82) is 0 Å². The van der Waals surface area contributed by atoms with E-state index in [2.05, 4.69) is 0 Å². The van der Waals surface area contributed by atoms with Crippen LogP contribution in [0.15, 0.2) is 30.3 Å². The van der Waals surface area contributed by atoms with Gasteiger partial charge in [-0.2, -0.15) is 4.39 Å². The fourth-order valence-corrected chi connectivity index (χ4v) is 3.82. The Morgan fingerprint density at radius 2 is 1.72 bits per heavy atom. The van der Waals surface area contributed by atoms with Crippen LogP contribution >= 0.6 is 0 Å². The van der Waals surface area contributed by atoms with Gasteiger partial charge in [0, 0.05) is 5.56 Å². The lowest BCUT2D eigenvalue weighted by Gasteiger charge is -2.29. The van der Waals surface area contributed by atoms with Crippen LogP contribution in [-0.4, -0.2) is 12.7 Å². The second-order valence-electron chi connectivity index (χ2n) is 7.86. The number of hydrogen-bond acceptors (Lipinski definition) is 2. The predicted molar refractivity (Wildman–Crippen MR) is 108 cm³/mol. The molecule has 0 radical (unpaired) electrons. The molecule has 0 aromatic heterocycles. The second kappa shape index (κ2) is 10.1. The zero-order valence-corrected chi connectivity index (χ0v) is 17.1. The summed E-state index contributed by atoms with van der Waals surface area (Å²) in [6.45, 7) is 4.48. The fraction of sp³-hybridized carbons (Fsp3) is 0.500. The van der Waals surface area contributed by atoms with Crippen molar-refractivity contribution >= 4 is 0 Å². The molecule has 29 heavy (non-hydrogen) atoms. The molecule has 3 rings (SSSR count). The molecular formula is C24H29F3O2. The highest BCUT2D eigenvalue weighted by atomic mass is 19.2. The largest absolute Gasteiger partial charge is 0.490 e. The number of aryl methyl sites for hydroxylation is 1. The monoisotopic (exact) mass is 406 g/mol. The van der Waals surface area contributed by atoms with E-state index in [1.807, 2.05) is 19.9 Å². The Balaban J connectivity index is 1.54. The van der Waals surface area contributed by atoms with Gasteiger partial charge in [-0.05, 0) is 68.2 Å². The third-order valence-electron chi connectivity index (χ3n) is 5.63. The van der Waals surface area contributed by atoms with E-state index in [1.54, 1.807) is 12.1 Å². The summed E-state index contributed by atoms with van der Waals surface area (Å²) in [5, 5.41) is 0. The van der Waals surface area contributed by atoms with Crippen LogP contribution in [0, 0.1) is 24.4 Å². The molecule has 1 aliphatic rings. The highest BCUT2D eigenvalue weighted by molar-refractivity contribution is 5.33. The Labute approximate surface area is 171 Å². The number of unbranched alkanes of at least 4 members (excludes halogenated alkanes) is 1. The predicted octanol–water partition coefficient (Wildman–Crippen LogP) is 6.83. The molecule has 1 saturated carbocycles. The molecule has 2 aromatic carbocycles. The Morgan fingerprint density at radius 3 is 2.41 bits per heavy atom. The number of rotatable bonds is 8. The molecule has 1 aliphatic carbocycles. The topological polar surface area (TPSA) is 18.5 Å². The fourth-order valence-electron chi connectivity index (χ4n) is 3.82. The van der Waals surface area contributed by atoms with Gasteiger partial charge in [-0.15, -0.1) is 0 Å². The molecule has 2 aromatic rings. The highest BCUT2D eigenvalue weighted by Crippen LogP contribution is 2.37. The number of halogens is 3. The maximum absolute atomic E-state index is 14.6. The molecule has 2 nitrogen and oxygen atoms in total. The van der Waals surface area contributed by atoms with Crippen molar-refractivity contribution in [1.82, 2.24) is 0 Å². The minimum absolute atomic E-state index is 0.0107. The average Bonchev–Trinajstić information content (AvgIpc) is 2.71. The Bertz CT molecular complexity index is 814. The summed E-state index contributed by atoms with van der Waals surface area (Å²) in [5.41, 5.74) is 1.83. The molecule has 0 aliphatic heterocycles. The van der Waals surface area contributed by atoms with E-state index in [0.717, 1.165) is 31.2 Å². The van der Waals surface area contributed by atoms with E-state index >= 15 is 0 Å². The second-order valence-corrected chi connectivity index (χ2v) is 7.86. The highest BCUT2D eigenvalue weighted by Gasteiger charge is 2.27. The van der Waals surface area contributed by atoms with E-state index in [9.17, 15) is 13.2 Å². The molecule has 0 atom stereocenters. The number of ether oxygens (including phenoxy) is 2. The van der Waals surface area contributed by atoms with Gasteiger partial charge in [0.25, 0.3) is 0 Å². The molecular weight excluding hydrogens is 377 g/mol. The standard InChI is InChI=1S/C24H29F3O2/c1-3-4-13-28-22-12-11-20(23(26)24(22)27)17-7-9-19(10-8-17)29-15-18-6-5-16(2)14-21(18)25/h5-6,11-12,14,17,19H,3-4,7-10,13,15H2,1-2H3. The van der Waals surface area contributed by atoms with Crippen LogP contribution in [-0.2, 0) is 11.3 Å². The zero-order chi connectivity index (χ0) is 20.8. The molecule has 1 fully saturated rings. The zero-order valence-electron chi connectivity index (χ0n) is 17.1. The van der Waals surface area contributed by atoms with Gasteiger partial charge < -0.3 is 9.47 Å². The van der Waals surface area contributed by atoms with Gasteiger partial charge in [-0.25, -0.2) is 8.78 Å². The minimum atomic E-state index is -0.896. The van der Waals surface area contributed by atoms with E-state index in [0.29, 0.717) is 30.6 Å². The summed E-state index contributed by atoms with van der Waals surface area (Å²) in [7, 11) is 0. The first-order chi connectivity index (χ1) is 14.0. The van der Waals surface area contributed by atoms with Gasteiger partial charge in [-0.3, -0.25) is 0 Å². The Hall–Kier alpha value is -2.01. The van der Waals surface area contributed by atoms with Crippen molar-refractivity contribution in [2.75, 3.05) is 6.61 Å². The summed E-state index contributed by atoms with van der Waals surface area (Å²) in [5.74, 6) is -2.00. The van der Waals surface area contributed by atoms with Crippen molar-refractivity contribution in [3.8, 4) is 5.75 Å². The summed E-state index contributed by atoms with van der Waals surface area (Å²) >= 11 is 0. The van der Waals surface area contributed by atoms with Gasteiger partial charge in [-0.1, -0.05) is 31.5 Å². The maximum Gasteiger partial charge on any atom is 0.200 e. The molecule has 0 spiro atoms. The smallest absolute Gasteiger partial charge is 0.200 e. The first kappa shape index (κ1) is 21.7. The lowest BCUT2D eigenvalue weighted by molar-refractivity contribution is 0.0118. The molecule has 0 bridgehead atoms. The first-order valence-corrected chi connectivity index (χ1v) is 10.5. The van der Waals surface area contributed by atoms with Gasteiger partial charge >= 0.3 is 0 Å². The minimum Gasteiger partial charge on any atom is -0.490 e. The molecule has 0 N–H and O–H groups in total. The summed E-state index contributed by atoms with van der Waals surface area (Å²) < 4.78 is 54.1. The normalized spacial score (nSPS) is 19.3. The van der Waals surface area contributed by atoms with E-state index in [4.69, 9.17) is 9.47 Å². The Morgan fingerprint density at radius 1 is 0.966 bits per heavy atom. The molecule has 0 unspecified atom stereocenters. The van der Waals surface area contributed by atoms with E-state index < -0.39 is 11.6 Å². The van der Waals surface area contributed by atoms with Gasteiger partial charge in [0.05, 0.1) is 19.3 Å². The van der Waals surface area contributed by atoms with Crippen LogP contribution in [0.5, 0.6) is 5.75 Å². The summed E-state index contributed by atoms with van der Waals surface area (Å²) in [6.07, 6.45) is 4.67. The maximum atomic E-state index is 14.6.